The van der Waals surface area contributed by atoms with Gasteiger partial charge >= 0.3 is 0 Å². The molecule has 1 N–H and O–H groups in total. The summed E-state index contributed by atoms with van der Waals surface area (Å²) < 4.78 is 0. The molecule has 1 fully saturated rings. The van der Waals surface area contributed by atoms with Crippen LogP contribution in [0.2, 0.25) is 0 Å². The molecule has 0 spiro atoms. The summed E-state index contributed by atoms with van der Waals surface area (Å²) in [6.07, 6.45) is 7.13. The molecule has 1 aliphatic carbocycles. The third kappa shape index (κ3) is 3.61. The lowest BCUT2D eigenvalue weighted by Gasteiger charge is -2.43. The molecule has 0 radical (unpaired) electrons. The monoisotopic (exact) mass is 197 g/mol. The van der Waals surface area contributed by atoms with Crippen molar-refractivity contribution in [3.8, 4) is 0 Å². The SMILES string of the molecule is CCCC1(CNCC(C)(C)C)CCC1. The van der Waals surface area contributed by atoms with E-state index in [-0.39, 0.29) is 0 Å². The molecular weight excluding hydrogens is 170 g/mol. The lowest BCUT2D eigenvalue weighted by molar-refractivity contribution is 0.111. The third-order valence-corrected chi connectivity index (χ3v) is 3.35. The van der Waals surface area contributed by atoms with Crippen molar-refractivity contribution in [3.05, 3.63) is 0 Å². The molecule has 0 aliphatic heterocycles. The Bertz CT molecular complexity index is 163. The quantitative estimate of drug-likeness (QED) is 0.710. The van der Waals surface area contributed by atoms with E-state index < -0.39 is 0 Å². The first kappa shape index (κ1) is 12.0. The lowest BCUT2D eigenvalue weighted by Crippen LogP contribution is -2.42. The minimum atomic E-state index is 0.428. The van der Waals surface area contributed by atoms with Gasteiger partial charge in [0.1, 0.15) is 0 Å². The topological polar surface area (TPSA) is 12.0 Å². The predicted octanol–water partition coefficient (Wildman–Crippen LogP) is 3.59. The molecule has 1 heteroatoms. The molecule has 0 unspecified atom stereocenters. The summed E-state index contributed by atoms with van der Waals surface area (Å²) in [6, 6.07) is 0. The summed E-state index contributed by atoms with van der Waals surface area (Å²) in [5.74, 6) is 0. The highest BCUT2D eigenvalue weighted by molar-refractivity contribution is 4.89. The van der Waals surface area contributed by atoms with Gasteiger partial charge in [0.05, 0.1) is 0 Å². The van der Waals surface area contributed by atoms with Crippen molar-refractivity contribution in [3.63, 3.8) is 0 Å². The van der Waals surface area contributed by atoms with E-state index in [0.29, 0.717) is 10.8 Å². The van der Waals surface area contributed by atoms with Crippen molar-refractivity contribution < 1.29 is 0 Å². The largest absolute Gasteiger partial charge is 0.316 e. The molecule has 0 aromatic rings. The maximum Gasteiger partial charge on any atom is 0.000803 e. The molecule has 84 valence electrons. The summed E-state index contributed by atoms with van der Waals surface area (Å²) in [6.45, 7) is 11.6. The molecule has 0 saturated heterocycles. The highest BCUT2D eigenvalue weighted by Crippen LogP contribution is 2.44. The highest BCUT2D eigenvalue weighted by Gasteiger charge is 2.35. The molecule has 1 aliphatic rings. The molecular formula is C13H27N. The van der Waals surface area contributed by atoms with E-state index in [4.69, 9.17) is 0 Å². The first-order chi connectivity index (χ1) is 6.47. The van der Waals surface area contributed by atoms with Crippen LogP contribution in [-0.2, 0) is 0 Å². The second-order valence-electron chi connectivity index (χ2n) is 6.27. The van der Waals surface area contributed by atoms with Crippen molar-refractivity contribution >= 4 is 0 Å². The Hall–Kier alpha value is -0.0400. The number of nitrogens with one attached hydrogen (secondary N) is 1. The van der Waals surface area contributed by atoms with Gasteiger partial charge in [-0.15, -0.1) is 0 Å². The van der Waals surface area contributed by atoms with Gasteiger partial charge in [-0.3, -0.25) is 0 Å². The van der Waals surface area contributed by atoms with Crippen LogP contribution >= 0.6 is 0 Å². The van der Waals surface area contributed by atoms with E-state index in [1.807, 2.05) is 0 Å². The zero-order valence-electron chi connectivity index (χ0n) is 10.4. The van der Waals surface area contributed by atoms with Crippen LogP contribution in [0.3, 0.4) is 0 Å². The van der Waals surface area contributed by atoms with Crippen molar-refractivity contribution in [1.82, 2.24) is 5.32 Å². The maximum absolute atomic E-state index is 3.65. The zero-order chi connectivity index (χ0) is 10.7. The van der Waals surface area contributed by atoms with Crippen LogP contribution in [0, 0.1) is 10.8 Å². The summed E-state index contributed by atoms with van der Waals surface area (Å²) in [5.41, 5.74) is 1.11. The molecule has 0 heterocycles. The van der Waals surface area contributed by atoms with Crippen LogP contribution in [0.1, 0.15) is 59.8 Å². The van der Waals surface area contributed by atoms with E-state index in [9.17, 15) is 0 Å². The highest BCUT2D eigenvalue weighted by atomic mass is 14.9. The Morgan fingerprint density at radius 2 is 1.86 bits per heavy atom. The minimum Gasteiger partial charge on any atom is -0.316 e. The predicted molar refractivity (Wildman–Crippen MR) is 63.5 cm³/mol. The fourth-order valence-electron chi connectivity index (χ4n) is 2.42. The smallest absolute Gasteiger partial charge is 0.000803 e. The Morgan fingerprint density at radius 1 is 1.21 bits per heavy atom. The van der Waals surface area contributed by atoms with E-state index in [2.05, 4.69) is 33.0 Å². The Morgan fingerprint density at radius 3 is 2.21 bits per heavy atom. The number of rotatable bonds is 5. The van der Waals surface area contributed by atoms with Gasteiger partial charge < -0.3 is 5.32 Å². The molecule has 0 aromatic heterocycles. The molecule has 0 amide bonds. The van der Waals surface area contributed by atoms with Gasteiger partial charge in [-0.1, -0.05) is 40.5 Å². The Balaban J connectivity index is 2.21. The molecule has 1 saturated carbocycles. The molecule has 1 rings (SSSR count). The fraction of sp³-hybridized carbons (Fsp3) is 1.00. The van der Waals surface area contributed by atoms with Crippen molar-refractivity contribution in [2.45, 2.75) is 59.8 Å². The third-order valence-electron chi connectivity index (χ3n) is 3.35. The van der Waals surface area contributed by atoms with Gasteiger partial charge in [-0.2, -0.15) is 0 Å². The van der Waals surface area contributed by atoms with Gasteiger partial charge in [0.2, 0.25) is 0 Å². The van der Waals surface area contributed by atoms with E-state index in [1.165, 1.54) is 38.6 Å². The lowest BCUT2D eigenvalue weighted by atomic mass is 9.66. The normalized spacial score (nSPS) is 20.6. The minimum absolute atomic E-state index is 0.428. The van der Waals surface area contributed by atoms with Gasteiger partial charge in [-0.05, 0) is 30.1 Å². The summed E-state index contributed by atoms with van der Waals surface area (Å²) in [4.78, 5) is 0. The van der Waals surface area contributed by atoms with Crippen molar-refractivity contribution in [1.29, 1.82) is 0 Å². The fourth-order valence-corrected chi connectivity index (χ4v) is 2.42. The van der Waals surface area contributed by atoms with Crippen LogP contribution in [-0.4, -0.2) is 13.1 Å². The van der Waals surface area contributed by atoms with E-state index in [0.717, 1.165) is 6.54 Å². The molecule has 0 aromatic carbocycles. The molecule has 1 nitrogen and oxygen atoms in total. The average Bonchev–Trinajstić information content (AvgIpc) is 1.97. The van der Waals surface area contributed by atoms with Crippen molar-refractivity contribution in [2.24, 2.45) is 10.8 Å². The van der Waals surface area contributed by atoms with Crippen molar-refractivity contribution in [2.75, 3.05) is 13.1 Å². The van der Waals surface area contributed by atoms with Crippen LogP contribution in [0.15, 0.2) is 0 Å². The molecule has 14 heavy (non-hydrogen) atoms. The standard InChI is InChI=1S/C13H27N/c1-5-7-13(8-6-9-13)11-14-10-12(2,3)4/h14H,5-11H2,1-4H3. The van der Waals surface area contributed by atoms with Crippen LogP contribution in [0.25, 0.3) is 0 Å². The van der Waals surface area contributed by atoms with Crippen LogP contribution in [0.4, 0.5) is 0 Å². The second-order valence-corrected chi connectivity index (χ2v) is 6.27. The van der Waals surface area contributed by atoms with E-state index >= 15 is 0 Å². The van der Waals surface area contributed by atoms with Gasteiger partial charge in [0, 0.05) is 13.1 Å². The van der Waals surface area contributed by atoms with Crippen LogP contribution < -0.4 is 5.32 Å². The first-order valence-corrected chi connectivity index (χ1v) is 6.18. The first-order valence-electron chi connectivity index (χ1n) is 6.18. The summed E-state index contributed by atoms with van der Waals surface area (Å²) in [7, 11) is 0. The van der Waals surface area contributed by atoms with E-state index in [1.54, 1.807) is 0 Å². The average molecular weight is 197 g/mol. The summed E-state index contributed by atoms with van der Waals surface area (Å²) >= 11 is 0. The number of hydrogen-bond donors (Lipinski definition) is 1. The molecule has 0 atom stereocenters. The van der Waals surface area contributed by atoms with Gasteiger partial charge in [0.15, 0.2) is 0 Å². The maximum atomic E-state index is 3.65. The van der Waals surface area contributed by atoms with Crippen LogP contribution in [0.5, 0.6) is 0 Å². The Labute approximate surface area is 89.7 Å². The van der Waals surface area contributed by atoms with Gasteiger partial charge in [-0.25, -0.2) is 0 Å². The second kappa shape index (κ2) is 4.65. The summed E-state index contributed by atoms with van der Waals surface area (Å²) in [5, 5.41) is 3.65. The van der Waals surface area contributed by atoms with Gasteiger partial charge in [0.25, 0.3) is 0 Å². The molecule has 0 bridgehead atoms. The Kier molecular flexibility index (Phi) is 4.00. The zero-order valence-corrected chi connectivity index (χ0v) is 10.4. The number of hydrogen-bond acceptors (Lipinski definition) is 1.